The first kappa shape index (κ1) is 19.8. The van der Waals surface area contributed by atoms with E-state index in [1.54, 1.807) is 6.07 Å². The van der Waals surface area contributed by atoms with Gasteiger partial charge in [-0.05, 0) is 50.7 Å². The molecule has 1 heterocycles. The van der Waals surface area contributed by atoms with Crippen LogP contribution in [0.2, 0.25) is 5.02 Å². The van der Waals surface area contributed by atoms with E-state index in [2.05, 4.69) is 22.4 Å². The molecule has 1 fully saturated rings. The van der Waals surface area contributed by atoms with E-state index in [1.165, 1.54) is 6.07 Å². The second kappa shape index (κ2) is 8.21. The van der Waals surface area contributed by atoms with Gasteiger partial charge in [-0.1, -0.05) is 11.6 Å². The monoisotopic (exact) mass is 390 g/mol. The summed E-state index contributed by atoms with van der Waals surface area (Å²) in [5.41, 5.74) is 6.74. The summed E-state index contributed by atoms with van der Waals surface area (Å²) in [7, 11) is 0. The van der Waals surface area contributed by atoms with Crippen molar-refractivity contribution < 1.29 is 8.81 Å². The molecule has 0 bridgehead atoms. The maximum atomic E-state index is 14.1. The Hall–Kier alpha value is -1.57. The summed E-state index contributed by atoms with van der Waals surface area (Å²) in [6, 6.07) is 3.23. The molecule has 0 aliphatic heterocycles. The lowest BCUT2D eigenvalue weighted by Crippen LogP contribution is -2.34. The van der Waals surface area contributed by atoms with E-state index >= 15 is 0 Å². The minimum Gasteiger partial charge on any atom is -0.388 e. The van der Waals surface area contributed by atoms with Crippen molar-refractivity contribution in [1.82, 2.24) is 10.2 Å². The summed E-state index contributed by atoms with van der Waals surface area (Å²) >= 11 is 6.09. The number of rotatable bonds is 4. The van der Waals surface area contributed by atoms with Gasteiger partial charge in [-0.3, -0.25) is 0 Å². The summed E-state index contributed by atoms with van der Waals surface area (Å²) in [6.45, 7) is 2.05. The number of aromatic nitrogens is 2. The summed E-state index contributed by atoms with van der Waals surface area (Å²) < 4.78 is 19.0. The summed E-state index contributed by atoms with van der Waals surface area (Å²) in [4.78, 5) is 11.1. The largest absolute Gasteiger partial charge is 0.434 e. The van der Waals surface area contributed by atoms with Gasteiger partial charge in [0.1, 0.15) is 5.82 Å². The second-order valence-corrected chi connectivity index (χ2v) is 6.72. The quantitative estimate of drug-likeness (QED) is 0.741. The van der Waals surface area contributed by atoms with Gasteiger partial charge in [-0.15, -0.1) is 17.5 Å². The normalized spacial score (nSPS) is 21.4. The van der Waals surface area contributed by atoms with Gasteiger partial charge in [0.2, 0.25) is 5.89 Å². The van der Waals surface area contributed by atoms with Crippen LogP contribution in [0.3, 0.4) is 0 Å². The Kier molecular flexibility index (Phi) is 6.48. The topological polar surface area (TPSA) is 96.9 Å². The molecule has 1 aromatic carbocycles. The first-order valence-corrected chi connectivity index (χ1v) is 8.39. The Morgan fingerprint density at radius 2 is 2.08 bits per heavy atom. The molecule has 0 amide bonds. The van der Waals surface area contributed by atoms with Crippen LogP contribution in [0.4, 0.5) is 10.1 Å². The predicted molar refractivity (Wildman–Crippen MR) is 97.8 cm³/mol. The smallest absolute Gasteiger partial charge is 0.388 e. The van der Waals surface area contributed by atoms with E-state index < -0.39 is 11.6 Å². The van der Waals surface area contributed by atoms with Crippen molar-refractivity contribution in [1.29, 1.82) is 0 Å². The average molecular weight is 391 g/mol. The number of H-pyrrole nitrogens is 1. The molecule has 2 aromatic rings. The molecule has 1 aromatic heterocycles. The van der Waals surface area contributed by atoms with E-state index in [0.29, 0.717) is 17.2 Å². The number of benzene rings is 1. The van der Waals surface area contributed by atoms with Crippen LogP contribution in [0.1, 0.15) is 32.6 Å². The maximum Gasteiger partial charge on any atom is 0.434 e. The Balaban J connectivity index is 0.00000225. The van der Waals surface area contributed by atoms with Gasteiger partial charge in [0.25, 0.3) is 0 Å². The third-order valence-corrected chi connectivity index (χ3v) is 5.00. The van der Waals surface area contributed by atoms with E-state index in [4.69, 9.17) is 21.8 Å². The van der Waals surface area contributed by atoms with Gasteiger partial charge in [0.15, 0.2) is 0 Å². The lowest BCUT2D eigenvalue weighted by molar-refractivity contribution is 0.302. The summed E-state index contributed by atoms with van der Waals surface area (Å²) in [5.74, 6) is -0.812. The van der Waals surface area contributed by atoms with Gasteiger partial charge in [0.05, 0.1) is 10.7 Å². The SMILES string of the molecule is C[C@H](Nc1cc(-c2n[nH]c(=O)o2)cc(F)c1Cl)C1CCC(N)CC1.Cl. The molecule has 138 valence electrons. The summed E-state index contributed by atoms with van der Waals surface area (Å²) in [6.07, 6.45) is 4.06. The molecular weight excluding hydrogens is 370 g/mol. The van der Waals surface area contributed by atoms with Crippen LogP contribution in [0.15, 0.2) is 21.3 Å². The molecule has 9 heteroatoms. The number of halogens is 3. The minimum absolute atomic E-state index is 0. The Morgan fingerprint density at radius 3 is 2.68 bits per heavy atom. The third kappa shape index (κ3) is 4.54. The molecule has 4 N–H and O–H groups in total. The van der Waals surface area contributed by atoms with Crippen molar-refractivity contribution in [3.8, 4) is 11.5 Å². The van der Waals surface area contributed by atoms with Gasteiger partial charge < -0.3 is 15.5 Å². The highest BCUT2D eigenvalue weighted by Gasteiger charge is 2.24. The first-order valence-electron chi connectivity index (χ1n) is 8.01. The van der Waals surface area contributed by atoms with Crippen molar-refractivity contribution >= 4 is 29.7 Å². The van der Waals surface area contributed by atoms with E-state index in [9.17, 15) is 9.18 Å². The zero-order chi connectivity index (χ0) is 17.3. The van der Waals surface area contributed by atoms with Crippen molar-refractivity contribution in [3.05, 3.63) is 33.5 Å². The van der Waals surface area contributed by atoms with Gasteiger partial charge in [-0.25, -0.2) is 14.3 Å². The lowest BCUT2D eigenvalue weighted by Gasteiger charge is -2.32. The van der Waals surface area contributed by atoms with Crippen LogP contribution in [0, 0.1) is 11.7 Å². The number of aromatic amines is 1. The number of nitrogens with two attached hydrogens (primary N) is 1. The van der Waals surface area contributed by atoms with Crippen LogP contribution in [-0.2, 0) is 0 Å². The number of nitrogens with one attached hydrogen (secondary N) is 2. The predicted octanol–water partition coefficient (Wildman–Crippen LogP) is 3.56. The second-order valence-electron chi connectivity index (χ2n) is 6.35. The molecule has 0 unspecified atom stereocenters. The van der Waals surface area contributed by atoms with Gasteiger partial charge in [-0.2, -0.15) is 0 Å². The zero-order valence-corrected chi connectivity index (χ0v) is 15.3. The number of hydrogen-bond acceptors (Lipinski definition) is 5. The molecule has 25 heavy (non-hydrogen) atoms. The fourth-order valence-corrected chi connectivity index (χ4v) is 3.34. The average Bonchev–Trinajstić information content (AvgIpc) is 2.98. The van der Waals surface area contributed by atoms with Crippen LogP contribution >= 0.6 is 24.0 Å². The number of hydrogen-bond donors (Lipinski definition) is 3. The van der Waals surface area contributed by atoms with E-state index in [1.807, 2.05) is 0 Å². The molecule has 6 nitrogen and oxygen atoms in total. The van der Waals surface area contributed by atoms with Gasteiger partial charge >= 0.3 is 5.76 Å². The van der Waals surface area contributed by atoms with Crippen molar-refractivity contribution in [2.24, 2.45) is 11.7 Å². The van der Waals surface area contributed by atoms with Crippen LogP contribution < -0.4 is 16.8 Å². The highest BCUT2D eigenvalue weighted by atomic mass is 35.5. The van der Waals surface area contributed by atoms with E-state index in [0.717, 1.165) is 25.7 Å². The zero-order valence-electron chi connectivity index (χ0n) is 13.7. The Labute approximate surface area is 155 Å². The van der Waals surface area contributed by atoms with Crippen LogP contribution in [0.5, 0.6) is 0 Å². The van der Waals surface area contributed by atoms with Crippen molar-refractivity contribution in [2.45, 2.75) is 44.7 Å². The third-order valence-electron chi connectivity index (χ3n) is 4.62. The Morgan fingerprint density at radius 1 is 1.40 bits per heavy atom. The summed E-state index contributed by atoms with van der Waals surface area (Å²) in [5, 5.41) is 9.17. The van der Waals surface area contributed by atoms with Crippen molar-refractivity contribution in [2.75, 3.05) is 5.32 Å². The van der Waals surface area contributed by atoms with E-state index in [-0.39, 0.29) is 35.4 Å². The number of anilines is 1. The fraction of sp³-hybridized carbons (Fsp3) is 0.500. The molecule has 3 rings (SSSR count). The fourth-order valence-electron chi connectivity index (χ4n) is 3.18. The minimum atomic E-state index is -0.693. The molecule has 0 spiro atoms. The molecule has 1 aliphatic rings. The molecular formula is C16H21Cl2FN4O2. The number of nitrogens with zero attached hydrogens (tertiary/aromatic N) is 1. The van der Waals surface area contributed by atoms with Crippen molar-refractivity contribution in [3.63, 3.8) is 0 Å². The van der Waals surface area contributed by atoms with Gasteiger partial charge in [0, 0.05) is 17.6 Å². The highest BCUT2D eigenvalue weighted by Crippen LogP contribution is 2.33. The van der Waals surface area contributed by atoms with Crippen LogP contribution in [-0.4, -0.2) is 22.3 Å². The molecule has 1 aliphatic carbocycles. The maximum absolute atomic E-state index is 14.1. The lowest BCUT2D eigenvalue weighted by atomic mass is 9.82. The molecule has 0 radical (unpaired) electrons. The standard InChI is InChI=1S/C16H20ClFN4O2.ClH/c1-8(9-2-4-11(19)5-3-9)20-13-7-10(6-12(18)14(13)17)15-21-22-16(23)24-15;/h6-9,11,20H,2-5,19H2,1H3,(H,22,23);1H/t8-,9?,11?;/m0./s1. The molecule has 1 atom stereocenters. The Bertz CT molecular complexity index is 772. The van der Waals surface area contributed by atoms with Crippen LogP contribution in [0.25, 0.3) is 11.5 Å². The first-order chi connectivity index (χ1) is 11.4. The highest BCUT2D eigenvalue weighted by molar-refractivity contribution is 6.33. The molecule has 1 saturated carbocycles. The molecule has 0 saturated heterocycles.